The largest absolute Gasteiger partial charge is 0.312 e. The molecule has 2 aromatic rings. The van der Waals surface area contributed by atoms with Gasteiger partial charge in [0.2, 0.25) is 15.9 Å². The molecule has 0 saturated heterocycles. The van der Waals surface area contributed by atoms with Crippen molar-refractivity contribution >= 4 is 21.6 Å². The van der Waals surface area contributed by atoms with Gasteiger partial charge in [-0.25, -0.2) is 13.1 Å². The van der Waals surface area contributed by atoms with Crippen LogP contribution in [0.3, 0.4) is 0 Å². The molecule has 1 aliphatic rings. The van der Waals surface area contributed by atoms with Crippen molar-refractivity contribution in [2.24, 2.45) is 0 Å². The van der Waals surface area contributed by atoms with Crippen LogP contribution in [-0.2, 0) is 21.2 Å². The number of nitrogens with zero attached hydrogens (tertiary/aromatic N) is 1. The first-order valence-corrected chi connectivity index (χ1v) is 10.3. The number of amides is 1. The zero-order valence-corrected chi connectivity index (χ0v) is 16.1. The van der Waals surface area contributed by atoms with E-state index in [0.29, 0.717) is 19.4 Å². The van der Waals surface area contributed by atoms with Crippen molar-refractivity contribution in [3.05, 3.63) is 59.2 Å². The molecule has 1 N–H and O–H groups in total. The van der Waals surface area contributed by atoms with E-state index in [1.165, 1.54) is 0 Å². The molecule has 2 aromatic carbocycles. The Hall–Kier alpha value is -2.18. The summed E-state index contributed by atoms with van der Waals surface area (Å²) in [5.74, 6) is 0.0608. The Balaban J connectivity index is 1.85. The molecule has 3 rings (SSSR count). The minimum atomic E-state index is -3.64. The summed E-state index contributed by atoms with van der Waals surface area (Å²) in [5.41, 5.74) is 3.73. The fourth-order valence-electron chi connectivity index (χ4n) is 3.43. The molecule has 1 amide bonds. The molecule has 1 heterocycles. The summed E-state index contributed by atoms with van der Waals surface area (Å²) in [7, 11) is -3.64. The molecule has 1 atom stereocenters. The van der Waals surface area contributed by atoms with Crippen molar-refractivity contribution in [1.29, 1.82) is 0 Å². The smallest absolute Gasteiger partial charge is 0.241 e. The highest BCUT2D eigenvalue weighted by Gasteiger charge is 2.26. The van der Waals surface area contributed by atoms with E-state index in [1.807, 2.05) is 45.0 Å². The van der Waals surface area contributed by atoms with Crippen LogP contribution in [0.4, 0.5) is 5.69 Å². The molecule has 26 heavy (non-hydrogen) atoms. The number of anilines is 1. The molecule has 0 radical (unpaired) electrons. The van der Waals surface area contributed by atoms with Gasteiger partial charge in [-0.2, -0.15) is 0 Å². The zero-order valence-electron chi connectivity index (χ0n) is 15.3. The number of fused-ring (bicyclic) bond motifs is 1. The Bertz CT molecular complexity index is 938. The van der Waals surface area contributed by atoms with E-state index in [2.05, 4.69) is 4.72 Å². The highest BCUT2D eigenvalue weighted by atomic mass is 32.2. The Kier molecular flexibility index (Phi) is 5.16. The molecule has 6 heteroatoms. The second-order valence-corrected chi connectivity index (χ2v) is 8.35. The van der Waals surface area contributed by atoms with Crippen molar-refractivity contribution in [2.45, 2.75) is 44.6 Å². The van der Waals surface area contributed by atoms with Gasteiger partial charge >= 0.3 is 0 Å². The van der Waals surface area contributed by atoms with Crippen LogP contribution in [0, 0.1) is 6.92 Å². The molecule has 0 fully saturated rings. The van der Waals surface area contributed by atoms with E-state index in [1.54, 1.807) is 23.1 Å². The lowest BCUT2D eigenvalue weighted by molar-refractivity contribution is -0.118. The lowest BCUT2D eigenvalue weighted by Gasteiger charge is -2.18. The summed E-state index contributed by atoms with van der Waals surface area (Å²) in [6.45, 7) is 6.25. The quantitative estimate of drug-likeness (QED) is 0.875. The molecule has 0 saturated carbocycles. The van der Waals surface area contributed by atoms with Crippen LogP contribution in [0.15, 0.2) is 47.4 Å². The number of carbonyl (C=O) groups excluding carboxylic acids is 1. The maximum atomic E-state index is 12.8. The first-order chi connectivity index (χ1) is 12.3. The number of nitrogens with one attached hydrogen (secondary N) is 1. The number of aryl methyl sites for hydroxylation is 1. The summed E-state index contributed by atoms with van der Waals surface area (Å²) < 4.78 is 28.4. The van der Waals surface area contributed by atoms with Gasteiger partial charge in [0.1, 0.15) is 0 Å². The van der Waals surface area contributed by atoms with Crippen molar-refractivity contribution in [1.82, 2.24) is 4.72 Å². The van der Waals surface area contributed by atoms with E-state index in [9.17, 15) is 13.2 Å². The molecule has 5 nitrogen and oxygen atoms in total. The van der Waals surface area contributed by atoms with Crippen molar-refractivity contribution in [3.8, 4) is 0 Å². The number of hydrogen-bond acceptors (Lipinski definition) is 3. The second kappa shape index (κ2) is 7.21. The lowest BCUT2D eigenvalue weighted by atomic mass is 10.0. The molecule has 0 bridgehead atoms. The summed E-state index contributed by atoms with van der Waals surface area (Å²) >= 11 is 0. The van der Waals surface area contributed by atoms with Crippen LogP contribution < -0.4 is 9.62 Å². The van der Waals surface area contributed by atoms with Gasteiger partial charge in [-0.1, -0.05) is 31.2 Å². The lowest BCUT2D eigenvalue weighted by Crippen LogP contribution is -2.28. The highest BCUT2D eigenvalue weighted by molar-refractivity contribution is 7.89. The van der Waals surface area contributed by atoms with Gasteiger partial charge in [0.25, 0.3) is 0 Å². The molecular formula is C20H24N2O3S. The van der Waals surface area contributed by atoms with Crippen LogP contribution in [-0.4, -0.2) is 20.9 Å². The third-order valence-electron chi connectivity index (χ3n) is 4.85. The van der Waals surface area contributed by atoms with E-state index in [0.717, 1.165) is 22.4 Å². The fourth-order valence-corrected chi connectivity index (χ4v) is 4.71. The maximum absolute atomic E-state index is 12.8. The molecule has 1 aliphatic heterocycles. The van der Waals surface area contributed by atoms with E-state index in [-0.39, 0.29) is 16.8 Å². The summed E-state index contributed by atoms with van der Waals surface area (Å²) in [6.07, 6.45) is 1.12. The summed E-state index contributed by atoms with van der Waals surface area (Å²) in [5, 5.41) is 0. The molecule has 0 aromatic heterocycles. The third kappa shape index (κ3) is 3.52. The predicted octanol–water partition coefficient (Wildman–Crippen LogP) is 3.33. The zero-order chi connectivity index (χ0) is 18.9. The van der Waals surface area contributed by atoms with Gasteiger partial charge in [0.15, 0.2) is 0 Å². The number of rotatable bonds is 5. The van der Waals surface area contributed by atoms with Gasteiger partial charge < -0.3 is 4.90 Å². The average molecular weight is 372 g/mol. The molecule has 0 spiro atoms. The number of hydrogen-bond donors (Lipinski definition) is 1. The Morgan fingerprint density at radius 2 is 1.96 bits per heavy atom. The minimum Gasteiger partial charge on any atom is -0.312 e. The summed E-state index contributed by atoms with van der Waals surface area (Å²) in [4.78, 5) is 14.0. The van der Waals surface area contributed by atoms with E-state index in [4.69, 9.17) is 0 Å². The normalized spacial score (nSPS) is 15.0. The minimum absolute atomic E-state index is 0.0608. The van der Waals surface area contributed by atoms with Crippen molar-refractivity contribution in [2.75, 3.05) is 11.4 Å². The van der Waals surface area contributed by atoms with Crippen molar-refractivity contribution in [3.63, 3.8) is 0 Å². The first-order valence-electron chi connectivity index (χ1n) is 8.84. The third-order valence-corrected chi connectivity index (χ3v) is 6.39. The van der Waals surface area contributed by atoms with Gasteiger partial charge in [0.05, 0.1) is 4.90 Å². The SMILES string of the molecule is CCC(=O)N1CCc2cc(S(=O)(=O)NC(C)c3ccccc3C)ccc21. The van der Waals surface area contributed by atoms with Crippen LogP contribution in [0.25, 0.3) is 0 Å². The molecule has 1 unspecified atom stereocenters. The summed E-state index contributed by atoms with van der Waals surface area (Å²) in [6, 6.07) is 12.4. The second-order valence-electron chi connectivity index (χ2n) is 6.64. The van der Waals surface area contributed by atoms with E-state index >= 15 is 0 Å². The number of carbonyl (C=O) groups is 1. The van der Waals surface area contributed by atoms with Crippen LogP contribution in [0.1, 0.15) is 43.0 Å². The van der Waals surface area contributed by atoms with E-state index < -0.39 is 10.0 Å². The van der Waals surface area contributed by atoms with Gasteiger partial charge in [-0.15, -0.1) is 0 Å². The standard InChI is InChI=1S/C20H24N2O3S/c1-4-20(23)22-12-11-16-13-17(9-10-19(16)22)26(24,25)21-15(3)18-8-6-5-7-14(18)2/h5-10,13,15,21H,4,11-12H2,1-3H3. The molecule has 0 aliphatic carbocycles. The Morgan fingerprint density at radius 3 is 2.65 bits per heavy atom. The van der Waals surface area contributed by atoms with Crippen LogP contribution in [0.2, 0.25) is 0 Å². The Morgan fingerprint density at radius 1 is 1.23 bits per heavy atom. The Labute approximate surface area is 155 Å². The average Bonchev–Trinajstić information content (AvgIpc) is 3.04. The van der Waals surface area contributed by atoms with Crippen LogP contribution in [0.5, 0.6) is 0 Å². The predicted molar refractivity (Wildman–Crippen MR) is 103 cm³/mol. The van der Waals surface area contributed by atoms with Gasteiger partial charge in [-0.05, 0) is 55.2 Å². The van der Waals surface area contributed by atoms with Gasteiger partial charge in [0, 0.05) is 24.7 Å². The molecule has 138 valence electrons. The maximum Gasteiger partial charge on any atom is 0.241 e. The topological polar surface area (TPSA) is 66.5 Å². The number of sulfonamides is 1. The number of benzene rings is 2. The highest BCUT2D eigenvalue weighted by Crippen LogP contribution is 2.31. The van der Waals surface area contributed by atoms with Crippen molar-refractivity contribution < 1.29 is 13.2 Å². The fraction of sp³-hybridized carbons (Fsp3) is 0.350. The first kappa shape index (κ1) is 18.6. The van der Waals surface area contributed by atoms with Crippen LogP contribution >= 0.6 is 0 Å². The molecular weight excluding hydrogens is 348 g/mol. The van der Waals surface area contributed by atoms with Gasteiger partial charge in [-0.3, -0.25) is 4.79 Å². The monoisotopic (exact) mass is 372 g/mol.